The summed E-state index contributed by atoms with van der Waals surface area (Å²) in [5, 5.41) is 13.8. The van der Waals surface area contributed by atoms with Crippen molar-refractivity contribution in [3.63, 3.8) is 0 Å². The van der Waals surface area contributed by atoms with Gasteiger partial charge in [-0.1, -0.05) is 25.7 Å². The molecule has 0 amide bonds. The first-order valence-corrected chi connectivity index (χ1v) is 10.2. The second-order valence-corrected chi connectivity index (χ2v) is 8.58. The van der Waals surface area contributed by atoms with Crippen molar-refractivity contribution in [2.24, 2.45) is 11.8 Å². The number of hydrogen-bond donors (Lipinski definition) is 2. The third-order valence-electron chi connectivity index (χ3n) is 6.73. The lowest BCUT2D eigenvalue weighted by Crippen LogP contribution is -2.40. The van der Waals surface area contributed by atoms with Gasteiger partial charge in [-0.15, -0.1) is 0 Å². The second-order valence-electron chi connectivity index (χ2n) is 8.58. The van der Waals surface area contributed by atoms with Gasteiger partial charge >= 0.3 is 0 Å². The number of nitrogens with zero attached hydrogens (tertiary/aromatic N) is 2. The molecule has 0 radical (unpaired) electrons. The molecule has 0 aromatic rings. The van der Waals surface area contributed by atoms with E-state index in [4.69, 9.17) is 24.5 Å². The molecule has 2 bridgehead atoms. The van der Waals surface area contributed by atoms with Gasteiger partial charge in [0.1, 0.15) is 0 Å². The van der Waals surface area contributed by atoms with Crippen molar-refractivity contribution in [3.05, 3.63) is 0 Å². The lowest BCUT2D eigenvalue weighted by molar-refractivity contribution is -0.123. The zero-order valence-electron chi connectivity index (χ0n) is 16.8. The van der Waals surface area contributed by atoms with Gasteiger partial charge in [0.15, 0.2) is 0 Å². The van der Waals surface area contributed by atoms with Gasteiger partial charge < -0.3 is 19.8 Å². The van der Waals surface area contributed by atoms with Crippen molar-refractivity contribution in [2.75, 3.05) is 33.7 Å². The molecule has 1 saturated carbocycles. The van der Waals surface area contributed by atoms with E-state index >= 15 is 0 Å². The molecule has 3 aliphatic heterocycles. The van der Waals surface area contributed by atoms with Crippen LogP contribution < -0.4 is 0 Å². The van der Waals surface area contributed by atoms with Crippen LogP contribution >= 0.6 is 0 Å². The molecule has 1 spiro atoms. The lowest BCUT2D eigenvalue weighted by atomic mass is 9.73. The molecule has 1 aliphatic carbocycles. The van der Waals surface area contributed by atoms with Gasteiger partial charge in [-0.2, -0.15) is 0 Å². The molecule has 7 heteroatoms. The Hall–Kier alpha value is -1.18. The molecule has 4 aliphatic rings. The second kappa shape index (κ2) is 10.4. The van der Waals surface area contributed by atoms with E-state index in [1.54, 1.807) is 0 Å². The van der Waals surface area contributed by atoms with Gasteiger partial charge in [-0.25, -0.2) is 0 Å². The zero-order valence-corrected chi connectivity index (χ0v) is 16.8. The number of rotatable bonds is 3. The summed E-state index contributed by atoms with van der Waals surface area (Å²) in [7, 11) is 4.44. The average molecular weight is 385 g/mol. The summed E-state index contributed by atoms with van der Waals surface area (Å²) in [6.07, 6.45) is 11.9. The molecule has 4 fully saturated rings. The number of ether oxygens (including phenoxy) is 1. The Labute approximate surface area is 162 Å². The fraction of sp³-hybridized carbons (Fsp3) is 0.900. The Balaban J connectivity index is 0.000000389. The normalized spacial score (nSPS) is 35.4. The summed E-state index contributed by atoms with van der Waals surface area (Å²) in [4.78, 5) is 21.9. The molecule has 4 rings (SSSR count). The molecular formula is C20H36N2O5. The van der Waals surface area contributed by atoms with E-state index in [-0.39, 0.29) is 18.5 Å². The number of carboxylic acid groups (broad SMARTS) is 2. The van der Waals surface area contributed by atoms with Crippen molar-refractivity contribution in [1.82, 2.24) is 9.80 Å². The molecule has 0 aromatic heterocycles. The standard InChI is InChI=1S/C18H32N2O.2CH2O2/c1-19(2)11-15-16-12-20(14-7-5-3-4-6-8-14)13-18(16)10-9-17(15)21-18;2*2-1-3/h14-17H,3-13H2,1-2H3;2*1H,(H,2,3)/t15-,16+,17+,18+;;/m0../s1. The molecule has 156 valence electrons. The number of carbonyl (C=O) groups is 2. The van der Waals surface area contributed by atoms with Crippen LogP contribution in [0.2, 0.25) is 0 Å². The molecule has 0 unspecified atom stereocenters. The van der Waals surface area contributed by atoms with Crippen LogP contribution in [-0.2, 0) is 14.3 Å². The Morgan fingerprint density at radius 1 is 1.07 bits per heavy atom. The maximum atomic E-state index is 8.36. The SMILES string of the molecule is CN(C)C[C@H]1[C@H]2CN(C3CCCCCC3)C[C@]23CC[C@H]1O3.O=CO.O=CO. The first-order chi connectivity index (χ1) is 13.0. The third-order valence-corrected chi connectivity index (χ3v) is 6.73. The average Bonchev–Trinajstić information content (AvgIpc) is 3.18. The Bertz CT molecular complexity index is 461. The fourth-order valence-corrected chi connectivity index (χ4v) is 5.79. The monoisotopic (exact) mass is 384 g/mol. The number of fused-ring (bicyclic) bond motifs is 1. The highest BCUT2D eigenvalue weighted by molar-refractivity contribution is 5.33. The van der Waals surface area contributed by atoms with Crippen molar-refractivity contribution in [3.8, 4) is 0 Å². The summed E-state index contributed by atoms with van der Waals surface area (Å²) in [6, 6.07) is 0.857. The number of hydrogen-bond acceptors (Lipinski definition) is 5. The zero-order chi connectivity index (χ0) is 19.9. The van der Waals surface area contributed by atoms with Crippen LogP contribution in [0.15, 0.2) is 0 Å². The van der Waals surface area contributed by atoms with Gasteiger partial charge in [0.25, 0.3) is 12.9 Å². The van der Waals surface area contributed by atoms with Crippen LogP contribution in [0.25, 0.3) is 0 Å². The summed E-state index contributed by atoms with van der Waals surface area (Å²) >= 11 is 0. The molecule has 4 atom stereocenters. The molecular weight excluding hydrogens is 348 g/mol. The minimum Gasteiger partial charge on any atom is -0.483 e. The first kappa shape index (κ1) is 22.1. The third kappa shape index (κ3) is 5.21. The van der Waals surface area contributed by atoms with E-state index in [1.807, 2.05) is 0 Å². The Kier molecular flexibility index (Phi) is 8.51. The quantitative estimate of drug-likeness (QED) is 0.569. The largest absolute Gasteiger partial charge is 0.483 e. The van der Waals surface area contributed by atoms with Gasteiger partial charge in [0.05, 0.1) is 11.7 Å². The van der Waals surface area contributed by atoms with Crippen LogP contribution in [0.4, 0.5) is 0 Å². The fourth-order valence-electron chi connectivity index (χ4n) is 5.79. The highest BCUT2D eigenvalue weighted by Crippen LogP contribution is 2.55. The summed E-state index contributed by atoms with van der Waals surface area (Å²) in [6.45, 7) is 3.28. The Morgan fingerprint density at radius 3 is 2.22 bits per heavy atom. The molecule has 7 nitrogen and oxygen atoms in total. The highest BCUT2D eigenvalue weighted by atomic mass is 16.5. The molecule has 27 heavy (non-hydrogen) atoms. The van der Waals surface area contributed by atoms with E-state index in [2.05, 4.69) is 23.9 Å². The van der Waals surface area contributed by atoms with E-state index in [1.165, 1.54) is 71.0 Å². The molecule has 0 aromatic carbocycles. The first-order valence-electron chi connectivity index (χ1n) is 10.2. The topological polar surface area (TPSA) is 90.3 Å². The predicted octanol–water partition coefficient (Wildman–Crippen LogP) is 2.15. The maximum Gasteiger partial charge on any atom is 0.290 e. The lowest BCUT2D eigenvalue weighted by Gasteiger charge is -2.31. The molecule has 3 heterocycles. The van der Waals surface area contributed by atoms with Gasteiger partial charge in [0.2, 0.25) is 0 Å². The van der Waals surface area contributed by atoms with Crippen LogP contribution in [0.1, 0.15) is 51.4 Å². The molecule has 3 saturated heterocycles. The predicted molar refractivity (Wildman–Crippen MR) is 103 cm³/mol. The van der Waals surface area contributed by atoms with Crippen molar-refractivity contribution in [1.29, 1.82) is 0 Å². The highest BCUT2D eigenvalue weighted by Gasteiger charge is 2.63. The van der Waals surface area contributed by atoms with Gasteiger partial charge in [0, 0.05) is 37.5 Å². The maximum absolute atomic E-state index is 8.36. The van der Waals surface area contributed by atoms with Gasteiger partial charge in [-0.3, -0.25) is 14.5 Å². The van der Waals surface area contributed by atoms with Crippen LogP contribution in [-0.4, -0.2) is 84.4 Å². The van der Waals surface area contributed by atoms with E-state index in [0.29, 0.717) is 6.10 Å². The smallest absolute Gasteiger partial charge is 0.290 e. The van der Waals surface area contributed by atoms with E-state index in [9.17, 15) is 0 Å². The van der Waals surface area contributed by atoms with Gasteiger partial charge in [-0.05, 0) is 39.8 Å². The van der Waals surface area contributed by atoms with Crippen molar-refractivity contribution in [2.45, 2.75) is 69.1 Å². The van der Waals surface area contributed by atoms with E-state index < -0.39 is 0 Å². The van der Waals surface area contributed by atoms with E-state index in [0.717, 1.165) is 17.9 Å². The summed E-state index contributed by atoms with van der Waals surface area (Å²) in [5.74, 6) is 1.59. The van der Waals surface area contributed by atoms with Crippen molar-refractivity contribution >= 4 is 12.9 Å². The minimum absolute atomic E-state index is 0.248. The van der Waals surface area contributed by atoms with Crippen LogP contribution in [0.3, 0.4) is 0 Å². The molecule has 2 N–H and O–H groups in total. The summed E-state index contributed by atoms with van der Waals surface area (Å²) in [5.41, 5.74) is 0.248. The Morgan fingerprint density at radius 2 is 1.67 bits per heavy atom. The van der Waals surface area contributed by atoms with Crippen molar-refractivity contribution < 1.29 is 24.5 Å². The summed E-state index contributed by atoms with van der Waals surface area (Å²) < 4.78 is 6.58. The minimum atomic E-state index is -0.250. The van der Waals surface area contributed by atoms with Crippen LogP contribution in [0.5, 0.6) is 0 Å². The number of likely N-dealkylation sites (tertiary alicyclic amines) is 1. The van der Waals surface area contributed by atoms with Crippen LogP contribution in [0, 0.1) is 11.8 Å².